The van der Waals surface area contributed by atoms with Crippen LogP contribution in [0.5, 0.6) is 11.5 Å². The van der Waals surface area contributed by atoms with Gasteiger partial charge in [-0.25, -0.2) is 9.37 Å². The van der Waals surface area contributed by atoms with Crippen LogP contribution < -0.4 is 9.47 Å². The lowest BCUT2D eigenvalue weighted by molar-refractivity contribution is -0.280. The molecule has 41 heavy (non-hydrogen) atoms. The fourth-order valence-electron chi connectivity index (χ4n) is 5.48. The van der Waals surface area contributed by atoms with Crippen LogP contribution in [0, 0.1) is 17.7 Å². The molecule has 0 saturated heterocycles. The minimum absolute atomic E-state index is 0.0831. The van der Waals surface area contributed by atoms with Crippen LogP contribution in [-0.4, -0.2) is 24.1 Å². The fraction of sp³-hybridized carbons (Fsp3) is 0.516. The maximum absolute atomic E-state index is 14.7. The highest BCUT2D eigenvalue weighted by atomic mass is 19.4. The van der Waals surface area contributed by atoms with E-state index >= 15 is 0 Å². The van der Waals surface area contributed by atoms with Crippen LogP contribution >= 0.6 is 0 Å². The third-order valence-corrected chi connectivity index (χ3v) is 7.73. The summed E-state index contributed by atoms with van der Waals surface area (Å²) in [6.45, 7) is 2.20. The van der Waals surface area contributed by atoms with E-state index in [0.29, 0.717) is 42.6 Å². The van der Waals surface area contributed by atoms with Crippen LogP contribution in [0.15, 0.2) is 60.8 Å². The van der Waals surface area contributed by atoms with Crippen molar-refractivity contribution in [3.05, 3.63) is 77.9 Å². The van der Waals surface area contributed by atoms with Crippen molar-refractivity contribution in [2.45, 2.75) is 82.8 Å². The molecule has 0 N–H and O–H groups in total. The first kappa shape index (κ1) is 30.9. The summed E-state index contributed by atoms with van der Waals surface area (Å²) in [5.41, 5.74) is 0.236. The Bertz CT molecular complexity index is 1170. The Morgan fingerprint density at radius 1 is 0.878 bits per heavy atom. The second-order valence-corrected chi connectivity index (χ2v) is 10.7. The maximum Gasteiger partial charge on any atom is 0.573 e. The standard InChI is InChI=1S/C31H35F6NO3/c1-2-3-18-39-26-15-17-29(38-20-26)30(33,34)40-25-13-8-22(9-14-25)5-4-21-6-10-23(11-7-21)24-12-16-28(27(32)19-24)41-31(35,36)37/h2-5,12,15-17,19-23,25H,6-11,13-14,18H2,1H3/b3-2+,5-4+. The highest BCUT2D eigenvalue weighted by molar-refractivity contribution is 5.32. The monoisotopic (exact) mass is 583 g/mol. The van der Waals surface area contributed by atoms with E-state index in [2.05, 4.69) is 21.9 Å². The third kappa shape index (κ3) is 9.24. The summed E-state index contributed by atoms with van der Waals surface area (Å²) >= 11 is 0. The van der Waals surface area contributed by atoms with Crippen LogP contribution in [0.3, 0.4) is 0 Å². The average molecular weight is 584 g/mol. The maximum atomic E-state index is 14.7. The lowest BCUT2D eigenvalue weighted by Gasteiger charge is -2.30. The predicted octanol–water partition coefficient (Wildman–Crippen LogP) is 9.23. The van der Waals surface area contributed by atoms with Gasteiger partial charge in [0.15, 0.2) is 11.6 Å². The van der Waals surface area contributed by atoms with Crippen molar-refractivity contribution in [1.29, 1.82) is 0 Å². The largest absolute Gasteiger partial charge is 0.573 e. The van der Waals surface area contributed by atoms with Crippen LogP contribution in [0.4, 0.5) is 26.3 Å². The van der Waals surface area contributed by atoms with Crippen LogP contribution in [0.1, 0.15) is 75.5 Å². The van der Waals surface area contributed by atoms with Gasteiger partial charge in [0, 0.05) is 0 Å². The number of alkyl halides is 5. The van der Waals surface area contributed by atoms with Crippen molar-refractivity contribution in [3.8, 4) is 11.5 Å². The number of halogens is 6. The van der Waals surface area contributed by atoms with Crippen molar-refractivity contribution in [2.24, 2.45) is 11.8 Å². The second-order valence-electron chi connectivity index (χ2n) is 10.7. The van der Waals surface area contributed by atoms with E-state index in [9.17, 15) is 26.3 Å². The number of hydrogen-bond donors (Lipinski definition) is 0. The zero-order chi connectivity index (χ0) is 29.5. The van der Waals surface area contributed by atoms with E-state index in [1.54, 1.807) is 6.08 Å². The quantitative estimate of drug-likeness (QED) is 0.207. The molecule has 2 aromatic rings. The predicted molar refractivity (Wildman–Crippen MR) is 142 cm³/mol. The van der Waals surface area contributed by atoms with Crippen LogP contribution in [-0.2, 0) is 10.8 Å². The highest BCUT2D eigenvalue weighted by Gasteiger charge is 2.39. The van der Waals surface area contributed by atoms with E-state index in [1.807, 2.05) is 13.0 Å². The molecule has 0 bridgehead atoms. The van der Waals surface area contributed by atoms with Crippen molar-refractivity contribution in [1.82, 2.24) is 4.98 Å². The topological polar surface area (TPSA) is 40.6 Å². The van der Waals surface area contributed by atoms with Gasteiger partial charge in [0.1, 0.15) is 18.1 Å². The van der Waals surface area contributed by atoms with Crippen molar-refractivity contribution >= 4 is 0 Å². The molecule has 10 heteroatoms. The molecule has 1 aromatic heterocycles. The first-order valence-corrected chi connectivity index (χ1v) is 14.0. The van der Waals surface area contributed by atoms with Crippen LogP contribution in [0.25, 0.3) is 0 Å². The van der Waals surface area contributed by atoms with E-state index in [-0.39, 0.29) is 5.92 Å². The Kier molecular flexibility index (Phi) is 10.4. The van der Waals surface area contributed by atoms with Gasteiger partial charge in [-0.3, -0.25) is 0 Å². The summed E-state index contributed by atoms with van der Waals surface area (Å²) in [4.78, 5) is 3.84. The van der Waals surface area contributed by atoms with E-state index in [1.165, 1.54) is 24.4 Å². The Hall–Kier alpha value is -3.01. The SMILES string of the molecule is C/C=C/COc1ccc(C(F)(F)OC2CCC(/C=C/C3CCC(c4ccc(OC(F)(F)F)c(F)c4)CC3)CC2)nc1. The number of allylic oxidation sites excluding steroid dienone is 3. The van der Waals surface area contributed by atoms with Crippen molar-refractivity contribution in [3.63, 3.8) is 0 Å². The van der Waals surface area contributed by atoms with Crippen molar-refractivity contribution in [2.75, 3.05) is 6.61 Å². The molecule has 0 aliphatic heterocycles. The lowest BCUT2D eigenvalue weighted by Crippen LogP contribution is -2.30. The molecule has 2 fully saturated rings. The lowest BCUT2D eigenvalue weighted by atomic mass is 9.78. The Morgan fingerprint density at radius 3 is 2.10 bits per heavy atom. The molecule has 0 radical (unpaired) electrons. The van der Waals surface area contributed by atoms with Gasteiger partial charge in [0.25, 0.3) is 0 Å². The first-order valence-electron chi connectivity index (χ1n) is 14.0. The molecule has 1 heterocycles. The highest BCUT2D eigenvalue weighted by Crippen LogP contribution is 2.39. The summed E-state index contributed by atoms with van der Waals surface area (Å²) in [5.74, 6) is -0.691. The fourth-order valence-corrected chi connectivity index (χ4v) is 5.48. The number of hydrogen-bond acceptors (Lipinski definition) is 4. The number of ether oxygens (including phenoxy) is 3. The molecule has 4 nitrogen and oxygen atoms in total. The van der Waals surface area contributed by atoms with Gasteiger partial charge >= 0.3 is 12.5 Å². The molecule has 224 valence electrons. The molecule has 0 spiro atoms. The molecule has 0 atom stereocenters. The number of benzene rings is 1. The summed E-state index contributed by atoms with van der Waals surface area (Å²) in [6, 6.07) is 6.36. The molecular weight excluding hydrogens is 548 g/mol. The number of nitrogens with zero attached hydrogens (tertiary/aromatic N) is 1. The Morgan fingerprint density at radius 2 is 1.54 bits per heavy atom. The molecule has 0 amide bonds. The molecule has 2 saturated carbocycles. The van der Waals surface area contributed by atoms with Gasteiger partial charge in [-0.15, -0.1) is 13.2 Å². The molecule has 4 rings (SSSR count). The van der Waals surface area contributed by atoms with Gasteiger partial charge in [-0.1, -0.05) is 30.4 Å². The second kappa shape index (κ2) is 13.8. The van der Waals surface area contributed by atoms with Gasteiger partial charge in [0.05, 0.1) is 12.3 Å². The summed E-state index contributed by atoms with van der Waals surface area (Å²) < 4.78 is 95.0. The van der Waals surface area contributed by atoms with Gasteiger partial charge in [-0.2, -0.15) is 8.78 Å². The zero-order valence-electron chi connectivity index (χ0n) is 22.9. The Balaban J connectivity index is 1.19. The third-order valence-electron chi connectivity index (χ3n) is 7.73. The first-order chi connectivity index (χ1) is 19.5. The normalized spacial score (nSPS) is 24.2. The summed E-state index contributed by atoms with van der Waals surface area (Å²) in [5, 5.41) is 0. The minimum atomic E-state index is -4.93. The summed E-state index contributed by atoms with van der Waals surface area (Å²) in [6.07, 6.45) is 6.27. The van der Waals surface area contributed by atoms with Gasteiger partial charge in [0.2, 0.25) is 0 Å². The van der Waals surface area contributed by atoms with Crippen LogP contribution in [0.2, 0.25) is 0 Å². The molecule has 2 aliphatic carbocycles. The average Bonchev–Trinajstić information content (AvgIpc) is 2.94. The zero-order valence-corrected chi connectivity index (χ0v) is 22.9. The van der Waals surface area contributed by atoms with E-state index in [4.69, 9.17) is 9.47 Å². The number of rotatable bonds is 10. The molecule has 1 aromatic carbocycles. The van der Waals surface area contributed by atoms with Gasteiger partial charge < -0.3 is 14.2 Å². The van der Waals surface area contributed by atoms with Gasteiger partial charge in [-0.05, 0) is 106 Å². The number of aromatic nitrogens is 1. The van der Waals surface area contributed by atoms with E-state index in [0.717, 1.165) is 50.7 Å². The molecular formula is C31H35F6NO3. The molecule has 0 unspecified atom stereocenters. The molecule has 2 aliphatic rings. The summed E-state index contributed by atoms with van der Waals surface area (Å²) in [7, 11) is 0. The smallest absolute Gasteiger partial charge is 0.488 e. The number of pyridine rings is 1. The minimum Gasteiger partial charge on any atom is -0.488 e. The Labute approximate surface area is 236 Å². The van der Waals surface area contributed by atoms with Crippen molar-refractivity contribution < 1.29 is 40.6 Å². The van der Waals surface area contributed by atoms with E-state index < -0.39 is 35.8 Å².